The number of hydrogen-bond donors (Lipinski definition) is 2. The van der Waals surface area contributed by atoms with Crippen LogP contribution in [0, 0.1) is 11.8 Å². The fraction of sp³-hybridized carbons (Fsp3) is 0.938. The zero-order chi connectivity index (χ0) is 14.5. The van der Waals surface area contributed by atoms with E-state index in [-0.39, 0.29) is 18.3 Å². The molecule has 3 N–H and O–H groups in total. The second-order valence-corrected chi connectivity index (χ2v) is 6.93. The summed E-state index contributed by atoms with van der Waals surface area (Å²) in [7, 11) is 0. The highest BCUT2D eigenvalue weighted by Gasteiger charge is 2.28. The van der Waals surface area contributed by atoms with E-state index in [2.05, 4.69) is 24.1 Å². The summed E-state index contributed by atoms with van der Waals surface area (Å²) >= 11 is 0. The molecule has 0 aromatic heterocycles. The average molecular weight is 318 g/mol. The fourth-order valence-corrected chi connectivity index (χ4v) is 3.72. The largest absolute Gasteiger partial charge is 0.352 e. The average Bonchev–Trinajstić information content (AvgIpc) is 2.43. The van der Waals surface area contributed by atoms with Crippen LogP contribution >= 0.6 is 12.4 Å². The van der Waals surface area contributed by atoms with Gasteiger partial charge in [0.1, 0.15) is 0 Å². The zero-order valence-electron chi connectivity index (χ0n) is 13.5. The molecule has 4 nitrogen and oxygen atoms in total. The minimum atomic E-state index is 0. The molecule has 124 valence electrons. The lowest BCUT2D eigenvalue weighted by Gasteiger charge is -2.38. The summed E-state index contributed by atoms with van der Waals surface area (Å²) < 4.78 is 0. The molecule has 2 aliphatic rings. The molecule has 21 heavy (non-hydrogen) atoms. The van der Waals surface area contributed by atoms with Gasteiger partial charge in [-0.05, 0) is 44.1 Å². The number of amides is 1. The van der Waals surface area contributed by atoms with Crippen LogP contribution in [0.3, 0.4) is 0 Å². The second-order valence-electron chi connectivity index (χ2n) is 6.93. The van der Waals surface area contributed by atoms with Crippen molar-refractivity contribution in [2.45, 2.75) is 64.5 Å². The predicted octanol–water partition coefficient (Wildman–Crippen LogP) is 2.16. The summed E-state index contributed by atoms with van der Waals surface area (Å²) in [6.45, 7) is 6.74. The van der Waals surface area contributed by atoms with E-state index in [0.29, 0.717) is 31.1 Å². The van der Waals surface area contributed by atoms with Gasteiger partial charge in [-0.2, -0.15) is 0 Å². The first kappa shape index (κ1) is 18.7. The normalized spacial score (nSPS) is 34.0. The molecule has 1 heterocycles. The van der Waals surface area contributed by atoms with Gasteiger partial charge >= 0.3 is 0 Å². The third kappa shape index (κ3) is 5.42. The predicted molar refractivity (Wildman–Crippen MR) is 89.6 cm³/mol. The minimum absolute atomic E-state index is 0. The van der Waals surface area contributed by atoms with E-state index in [1.54, 1.807) is 0 Å². The highest BCUT2D eigenvalue weighted by Crippen LogP contribution is 2.24. The maximum atomic E-state index is 12.3. The number of piperidine rings is 1. The molecule has 4 atom stereocenters. The Labute approximate surface area is 135 Å². The van der Waals surface area contributed by atoms with Crippen molar-refractivity contribution in [3.63, 3.8) is 0 Å². The Morgan fingerprint density at radius 3 is 2.62 bits per heavy atom. The third-order valence-corrected chi connectivity index (χ3v) is 5.18. The number of likely N-dealkylation sites (tertiary alicyclic amines) is 1. The summed E-state index contributed by atoms with van der Waals surface area (Å²) in [6.07, 6.45) is 7.27. The standard InChI is InChI=1S/C16H31N3O.ClH/c1-12-7-8-19(14(9-12)10-17)11-16(20)18-15-6-4-3-5-13(15)2;/h12-15H,3-11,17H2,1-2H3,(H,18,20);1H. The molecule has 0 aromatic rings. The van der Waals surface area contributed by atoms with Crippen LogP contribution in [-0.4, -0.2) is 42.5 Å². The van der Waals surface area contributed by atoms with E-state index in [0.717, 1.165) is 25.3 Å². The molecule has 1 saturated carbocycles. The monoisotopic (exact) mass is 317 g/mol. The summed E-state index contributed by atoms with van der Waals surface area (Å²) in [4.78, 5) is 14.6. The molecule has 5 heteroatoms. The molecule has 4 unspecified atom stereocenters. The van der Waals surface area contributed by atoms with E-state index in [1.165, 1.54) is 25.7 Å². The van der Waals surface area contributed by atoms with Crippen molar-refractivity contribution in [1.29, 1.82) is 0 Å². The molecule has 1 saturated heterocycles. The van der Waals surface area contributed by atoms with Crippen LogP contribution < -0.4 is 11.1 Å². The van der Waals surface area contributed by atoms with Gasteiger partial charge in [-0.3, -0.25) is 9.69 Å². The van der Waals surface area contributed by atoms with Gasteiger partial charge in [-0.15, -0.1) is 12.4 Å². The molecule has 0 spiro atoms. The van der Waals surface area contributed by atoms with Crippen molar-refractivity contribution in [3.05, 3.63) is 0 Å². The third-order valence-electron chi connectivity index (χ3n) is 5.18. The van der Waals surface area contributed by atoms with Crippen LogP contribution in [0.4, 0.5) is 0 Å². The van der Waals surface area contributed by atoms with Crippen molar-refractivity contribution in [3.8, 4) is 0 Å². The number of carbonyl (C=O) groups is 1. The number of carbonyl (C=O) groups excluding carboxylic acids is 1. The summed E-state index contributed by atoms with van der Waals surface area (Å²) in [5, 5.41) is 3.25. The highest BCUT2D eigenvalue weighted by molar-refractivity contribution is 5.85. The van der Waals surface area contributed by atoms with E-state index < -0.39 is 0 Å². The van der Waals surface area contributed by atoms with Crippen LogP contribution in [0.1, 0.15) is 52.4 Å². The van der Waals surface area contributed by atoms with Gasteiger partial charge in [-0.25, -0.2) is 0 Å². The van der Waals surface area contributed by atoms with Gasteiger partial charge in [0.15, 0.2) is 0 Å². The highest BCUT2D eigenvalue weighted by atomic mass is 35.5. The number of halogens is 1. The van der Waals surface area contributed by atoms with Crippen LogP contribution in [0.25, 0.3) is 0 Å². The van der Waals surface area contributed by atoms with Gasteiger partial charge in [0.25, 0.3) is 0 Å². The number of hydrogen-bond acceptors (Lipinski definition) is 3. The van der Waals surface area contributed by atoms with Gasteiger partial charge in [0.05, 0.1) is 6.54 Å². The molecule has 0 bridgehead atoms. The zero-order valence-corrected chi connectivity index (χ0v) is 14.3. The molecule has 0 radical (unpaired) electrons. The Bertz CT molecular complexity index is 327. The Kier molecular flexibility index (Phi) is 7.99. The molecule has 2 rings (SSSR count). The molecule has 1 aliphatic carbocycles. The maximum Gasteiger partial charge on any atom is 0.234 e. The maximum absolute atomic E-state index is 12.3. The molecule has 0 aromatic carbocycles. The van der Waals surface area contributed by atoms with E-state index >= 15 is 0 Å². The Morgan fingerprint density at radius 2 is 1.95 bits per heavy atom. The molecular weight excluding hydrogens is 286 g/mol. The van der Waals surface area contributed by atoms with Gasteiger partial charge in [-0.1, -0.05) is 26.7 Å². The van der Waals surface area contributed by atoms with Crippen molar-refractivity contribution < 1.29 is 4.79 Å². The number of rotatable bonds is 4. The van der Waals surface area contributed by atoms with Gasteiger partial charge in [0, 0.05) is 18.6 Å². The molecular formula is C16H32ClN3O. The Morgan fingerprint density at radius 1 is 1.24 bits per heavy atom. The van der Waals surface area contributed by atoms with E-state index in [9.17, 15) is 4.79 Å². The molecule has 2 fully saturated rings. The Hall–Kier alpha value is -0.320. The summed E-state index contributed by atoms with van der Waals surface area (Å²) in [5.74, 6) is 1.55. The van der Waals surface area contributed by atoms with Crippen molar-refractivity contribution in [2.24, 2.45) is 17.6 Å². The second kappa shape index (κ2) is 8.96. The number of nitrogens with one attached hydrogen (secondary N) is 1. The molecule has 1 amide bonds. The minimum Gasteiger partial charge on any atom is -0.352 e. The topological polar surface area (TPSA) is 58.4 Å². The Balaban J connectivity index is 0.00000220. The van der Waals surface area contributed by atoms with Crippen LogP contribution in [0.2, 0.25) is 0 Å². The molecule has 1 aliphatic heterocycles. The summed E-state index contributed by atoms with van der Waals surface area (Å²) in [6, 6.07) is 0.768. The first-order valence-electron chi connectivity index (χ1n) is 8.33. The van der Waals surface area contributed by atoms with E-state index in [1.807, 2.05) is 0 Å². The quantitative estimate of drug-likeness (QED) is 0.835. The van der Waals surface area contributed by atoms with Crippen LogP contribution in [0.15, 0.2) is 0 Å². The summed E-state index contributed by atoms with van der Waals surface area (Å²) in [5.41, 5.74) is 5.86. The van der Waals surface area contributed by atoms with Crippen molar-refractivity contribution >= 4 is 18.3 Å². The van der Waals surface area contributed by atoms with Crippen LogP contribution in [0.5, 0.6) is 0 Å². The van der Waals surface area contributed by atoms with Crippen molar-refractivity contribution in [2.75, 3.05) is 19.6 Å². The number of nitrogens with two attached hydrogens (primary N) is 1. The fourth-order valence-electron chi connectivity index (χ4n) is 3.72. The number of nitrogens with zero attached hydrogens (tertiary/aromatic N) is 1. The first-order valence-corrected chi connectivity index (χ1v) is 8.33. The van der Waals surface area contributed by atoms with Crippen LogP contribution in [-0.2, 0) is 4.79 Å². The lowest BCUT2D eigenvalue weighted by Crippen LogP contribution is -2.52. The smallest absolute Gasteiger partial charge is 0.234 e. The lowest BCUT2D eigenvalue weighted by molar-refractivity contribution is -0.124. The van der Waals surface area contributed by atoms with E-state index in [4.69, 9.17) is 5.73 Å². The van der Waals surface area contributed by atoms with Crippen molar-refractivity contribution in [1.82, 2.24) is 10.2 Å². The SMILES string of the molecule is CC1CCN(CC(=O)NC2CCCCC2C)C(CN)C1.Cl. The lowest BCUT2D eigenvalue weighted by atomic mass is 9.86. The van der Waals surface area contributed by atoms with Gasteiger partial charge in [0.2, 0.25) is 5.91 Å². The van der Waals surface area contributed by atoms with Gasteiger partial charge < -0.3 is 11.1 Å². The first-order chi connectivity index (χ1) is 9.60.